The number of carbonyl (C=O) groups excluding carboxylic acids is 1. The lowest BCUT2D eigenvalue weighted by molar-refractivity contribution is 0.0952. The summed E-state index contributed by atoms with van der Waals surface area (Å²) in [7, 11) is 3.18. The molecular weight excluding hydrogens is 402 g/mol. The number of nitrogens with zero attached hydrogens (tertiary/aromatic N) is 1. The number of hydrogen-bond donors (Lipinski definition) is 2. The number of anilines is 2. The van der Waals surface area contributed by atoms with Crippen LogP contribution in [0.1, 0.15) is 21.5 Å². The molecule has 2 N–H and O–H groups in total. The summed E-state index contributed by atoms with van der Waals surface area (Å²) >= 11 is 0. The molecule has 1 amide bonds. The van der Waals surface area contributed by atoms with Gasteiger partial charge in [-0.25, -0.2) is 4.98 Å². The fraction of sp³-hybridized carbons (Fsp3) is 0.154. The van der Waals surface area contributed by atoms with Crippen molar-refractivity contribution in [1.29, 1.82) is 0 Å². The van der Waals surface area contributed by atoms with Crippen molar-refractivity contribution in [3.8, 4) is 11.5 Å². The molecule has 1 aromatic heterocycles. The predicted molar refractivity (Wildman–Crippen MR) is 127 cm³/mol. The Hall–Kier alpha value is -4.06. The van der Waals surface area contributed by atoms with Gasteiger partial charge in [0.15, 0.2) is 11.5 Å². The van der Waals surface area contributed by atoms with Gasteiger partial charge in [0, 0.05) is 23.7 Å². The molecule has 6 heteroatoms. The second-order valence-electron chi connectivity index (χ2n) is 7.44. The Bertz CT molecular complexity index is 1250. The Morgan fingerprint density at radius 3 is 2.41 bits per heavy atom. The summed E-state index contributed by atoms with van der Waals surface area (Å²) in [5.41, 5.74) is 4.30. The normalized spacial score (nSPS) is 10.6. The van der Waals surface area contributed by atoms with Gasteiger partial charge in [-0.2, -0.15) is 0 Å². The van der Waals surface area contributed by atoms with Crippen LogP contribution in [0.4, 0.5) is 11.5 Å². The molecule has 6 nitrogen and oxygen atoms in total. The fourth-order valence-electron chi connectivity index (χ4n) is 3.47. The standard InChI is InChI=1S/C26H25N3O3/c1-17-8-10-18(11-9-17)16-27-26(30)21-15-25(29-22-7-5-4-6-20(21)22)28-19-12-13-23(31-2)24(14-19)32-3/h4-15H,16H2,1-3H3,(H,27,30)(H,28,29). The van der Waals surface area contributed by atoms with Crippen LogP contribution >= 0.6 is 0 Å². The molecule has 0 aliphatic rings. The Morgan fingerprint density at radius 1 is 0.906 bits per heavy atom. The van der Waals surface area contributed by atoms with Crippen LogP contribution in [-0.4, -0.2) is 25.1 Å². The van der Waals surface area contributed by atoms with Crippen molar-refractivity contribution in [3.05, 3.63) is 89.5 Å². The zero-order valence-electron chi connectivity index (χ0n) is 18.3. The third-order valence-electron chi connectivity index (χ3n) is 5.19. The number of rotatable bonds is 7. The van der Waals surface area contributed by atoms with Crippen molar-refractivity contribution < 1.29 is 14.3 Å². The highest BCUT2D eigenvalue weighted by Crippen LogP contribution is 2.31. The third-order valence-corrected chi connectivity index (χ3v) is 5.19. The molecule has 1 heterocycles. The Kier molecular flexibility index (Phi) is 6.22. The first-order chi connectivity index (χ1) is 15.6. The van der Waals surface area contributed by atoms with E-state index in [4.69, 9.17) is 9.47 Å². The van der Waals surface area contributed by atoms with Crippen LogP contribution < -0.4 is 20.1 Å². The van der Waals surface area contributed by atoms with Crippen LogP contribution in [0.3, 0.4) is 0 Å². The van der Waals surface area contributed by atoms with E-state index in [1.165, 1.54) is 5.56 Å². The first-order valence-electron chi connectivity index (χ1n) is 10.3. The lowest BCUT2D eigenvalue weighted by Gasteiger charge is -2.13. The molecule has 0 saturated carbocycles. The maximum absolute atomic E-state index is 13.1. The van der Waals surface area contributed by atoms with Gasteiger partial charge in [0.25, 0.3) is 5.91 Å². The van der Waals surface area contributed by atoms with Crippen LogP contribution in [-0.2, 0) is 6.54 Å². The lowest BCUT2D eigenvalue weighted by atomic mass is 10.1. The lowest BCUT2D eigenvalue weighted by Crippen LogP contribution is -2.23. The maximum atomic E-state index is 13.1. The molecule has 0 spiro atoms. The molecule has 0 atom stereocenters. The van der Waals surface area contributed by atoms with Gasteiger partial charge in [0.1, 0.15) is 5.82 Å². The number of para-hydroxylation sites is 1. The third kappa shape index (κ3) is 4.64. The number of benzene rings is 3. The molecular formula is C26H25N3O3. The van der Waals surface area contributed by atoms with E-state index in [0.29, 0.717) is 29.4 Å². The van der Waals surface area contributed by atoms with Crippen molar-refractivity contribution in [3.63, 3.8) is 0 Å². The summed E-state index contributed by atoms with van der Waals surface area (Å²) in [6.07, 6.45) is 0. The van der Waals surface area contributed by atoms with Gasteiger partial charge in [-0.1, -0.05) is 48.0 Å². The minimum absolute atomic E-state index is 0.153. The number of pyridine rings is 1. The van der Waals surface area contributed by atoms with Gasteiger partial charge in [-0.3, -0.25) is 4.79 Å². The number of hydrogen-bond acceptors (Lipinski definition) is 5. The number of aryl methyl sites for hydroxylation is 1. The molecule has 0 aliphatic heterocycles. The number of amides is 1. The number of fused-ring (bicyclic) bond motifs is 1. The molecule has 3 aromatic carbocycles. The van der Waals surface area contributed by atoms with Crippen molar-refractivity contribution in [1.82, 2.24) is 10.3 Å². The number of aromatic nitrogens is 1. The van der Waals surface area contributed by atoms with E-state index >= 15 is 0 Å². The molecule has 0 radical (unpaired) electrons. The van der Waals surface area contributed by atoms with Crippen LogP contribution in [0.15, 0.2) is 72.8 Å². The van der Waals surface area contributed by atoms with Crippen molar-refractivity contribution in [2.45, 2.75) is 13.5 Å². The monoisotopic (exact) mass is 427 g/mol. The molecule has 4 rings (SSSR count). The summed E-state index contributed by atoms with van der Waals surface area (Å²) in [6.45, 7) is 2.49. The van der Waals surface area contributed by atoms with Crippen molar-refractivity contribution >= 4 is 28.3 Å². The average molecular weight is 428 g/mol. The molecule has 0 fully saturated rings. The molecule has 32 heavy (non-hydrogen) atoms. The zero-order chi connectivity index (χ0) is 22.5. The smallest absolute Gasteiger partial charge is 0.252 e. The summed E-state index contributed by atoms with van der Waals surface area (Å²) < 4.78 is 10.7. The molecule has 0 aliphatic carbocycles. The van der Waals surface area contributed by atoms with Crippen LogP contribution in [0.25, 0.3) is 10.9 Å². The van der Waals surface area contributed by atoms with Gasteiger partial charge >= 0.3 is 0 Å². The second-order valence-corrected chi connectivity index (χ2v) is 7.44. The SMILES string of the molecule is COc1ccc(Nc2cc(C(=O)NCc3ccc(C)cc3)c3ccccc3n2)cc1OC. The predicted octanol–water partition coefficient (Wildman–Crippen LogP) is 5.23. The summed E-state index contributed by atoms with van der Waals surface area (Å²) in [5.74, 6) is 1.66. The topological polar surface area (TPSA) is 72.5 Å². The summed E-state index contributed by atoms with van der Waals surface area (Å²) in [6, 6.07) is 23.0. The Balaban J connectivity index is 1.62. The quantitative estimate of drug-likeness (QED) is 0.422. The van der Waals surface area contributed by atoms with E-state index in [1.807, 2.05) is 73.7 Å². The van der Waals surface area contributed by atoms with E-state index in [2.05, 4.69) is 15.6 Å². The minimum atomic E-state index is -0.153. The van der Waals surface area contributed by atoms with Gasteiger partial charge < -0.3 is 20.1 Å². The maximum Gasteiger partial charge on any atom is 0.252 e. The highest BCUT2D eigenvalue weighted by Gasteiger charge is 2.14. The van der Waals surface area contributed by atoms with Gasteiger partial charge in [-0.05, 0) is 36.8 Å². The first kappa shape index (κ1) is 21.2. The number of nitrogens with one attached hydrogen (secondary N) is 2. The van der Waals surface area contributed by atoms with Crippen molar-refractivity contribution in [2.24, 2.45) is 0 Å². The van der Waals surface area contributed by atoms with E-state index in [-0.39, 0.29) is 5.91 Å². The molecule has 0 bridgehead atoms. The van der Waals surface area contributed by atoms with Crippen LogP contribution in [0.2, 0.25) is 0 Å². The number of carbonyl (C=O) groups is 1. The van der Waals surface area contributed by atoms with Gasteiger partial charge in [-0.15, -0.1) is 0 Å². The second kappa shape index (κ2) is 9.39. The van der Waals surface area contributed by atoms with E-state index in [0.717, 1.165) is 22.2 Å². The number of ether oxygens (including phenoxy) is 2. The number of methoxy groups -OCH3 is 2. The molecule has 0 unspecified atom stereocenters. The summed E-state index contributed by atoms with van der Waals surface area (Å²) in [5, 5.41) is 7.09. The first-order valence-corrected chi connectivity index (χ1v) is 10.3. The molecule has 162 valence electrons. The van der Waals surface area contributed by atoms with Gasteiger partial charge in [0.2, 0.25) is 0 Å². The van der Waals surface area contributed by atoms with E-state index in [1.54, 1.807) is 20.3 Å². The Morgan fingerprint density at radius 2 is 1.66 bits per heavy atom. The highest BCUT2D eigenvalue weighted by molar-refractivity contribution is 6.07. The minimum Gasteiger partial charge on any atom is -0.493 e. The largest absolute Gasteiger partial charge is 0.493 e. The summed E-state index contributed by atoms with van der Waals surface area (Å²) in [4.78, 5) is 17.8. The fourth-order valence-corrected chi connectivity index (χ4v) is 3.47. The highest BCUT2D eigenvalue weighted by atomic mass is 16.5. The molecule has 0 saturated heterocycles. The molecule has 4 aromatic rings. The van der Waals surface area contributed by atoms with Gasteiger partial charge in [0.05, 0.1) is 25.3 Å². The van der Waals surface area contributed by atoms with E-state index < -0.39 is 0 Å². The van der Waals surface area contributed by atoms with E-state index in [9.17, 15) is 4.79 Å². The zero-order valence-corrected chi connectivity index (χ0v) is 18.3. The van der Waals surface area contributed by atoms with Crippen molar-refractivity contribution in [2.75, 3.05) is 19.5 Å². The average Bonchev–Trinajstić information content (AvgIpc) is 2.83. The van der Waals surface area contributed by atoms with Crippen LogP contribution in [0, 0.1) is 6.92 Å². The Labute approximate surface area is 187 Å². The van der Waals surface area contributed by atoms with Crippen LogP contribution in [0.5, 0.6) is 11.5 Å².